The van der Waals surface area contributed by atoms with Crippen LogP contribution in [0.4, 0.5) is 31.4 Å². The minimum absolute atomic E-state index is 0.240. The molecule has 1 fully saturated rings. The van der Waals surface area contributed by atoms with E-state index in [1.807, 2.05) is 0 Å². The third-order valence-corrected chi connectivity index (χ3v) is 9.18. The van der Waals surface area contributed by atoms with Crippen LogP contribution in [0.2, 0.25) is 0 Å². The number of nitrogens with two attached hydrogens (primary N) is 2. The number of ether oxygens (including phenoxy) is 4. The molecule has 0 bridgehead atoms. The Bertz CT molecular complexity index is 1590. The molecule has 298 valence electrons. The van der Waals surface area contributed by atoms with Crippen molar-refractivity contribution in [2.75, 3.05) is 29.0 Å². The van der Waals surface area contributed by atoms with E-state index >= 15 is 0 Å². The Morgan fingerprint density at radius 3 is 1.44 bits per heavy atom. The Morgan fingerprint density at radius 2 is 1.00 bits per heavy atom. The van der Waals surface area contributed by atoms with Crippen LogP contribution in [-0.2, 0) is 23.7 Å². The Hall–Kier alpha value is -5.18. The molecule has 3 aromatic carbocycles. The lowest BCUT2D eigenvalue weighted by Gasteiger charge is -2.45. The van der Waals surface area contributed by atoms with E-state index in [1.165, 1.54) is 38.5 Å². The minimum atomic E-state index is -1.55. The molecule has 55 heavy (non-hydrogen) atoms. The van der Waals surface area contributed by atoms with Crippen molar-refractivity contribution in [3.63, 3.8) is 0 Å². The molecule has 6 atom stereocenters. The monoisotopic (exact) mass is 760 g/mol. The molecule has 1 heterocycles. The molecule has 1 saturated heterocycles. The highest BCUT2D eigenvalue weighted by Gasteiger charge is 2.54. The first-order valence-corrected chi connectivity index (χ1v) is 19.3. The molecule has 0 saturated carbocycles. The van der Waals surface area contributed by atoms with Gasteiger partial charge in [-0.1, -0.05) is 119 Å². The van der Waals surface area contributed by atoms with Crippen LogP contribution in [0, 0.1) is 0 Å². The summed E-state index contributed by atoms with van der Waals surface area (Å²) in [5.74, 6) is -0.567. The fourth-order valence-corrected chi connectivity index (χ4v) is 6.30. The second-order valence-electron chi connectivity index (χ2n) is 13.5. The lowest BCUT2D eigenvalue weighted by atomic mass is 9.90. The summed E-state index contributed by atoms with van der Waals surface area (Å²) in [6, 6.07) is 24.2. The van der Waals surface area contributed by atoms with Crippen LogP contribution in [0.1, 0.15) is 71.1 Å². The predicted molar refractivity (Wildman–Crippen MR) is 212 cm³/mol. The highest BCUT2D eigenvalue weighted by molar-refractivity contribution is 5.87. The van der Waals surface area contributed by atoms with Gasteiger partial charge in [0.1, 0.15) is 18.2 Å². The van der Waals surface area contributed by atoms with Crippen LogP contribution in [0.25, 0.3) is 0 Å². The fourth-order valence-electron chi connectivity index (χ4n) is 6.30. The van der Waals surface area contributed by atoms with Crippen molar-refractivity contribution in [1.82, 2.24) is 5.32 Å². The standard InChI is InChI=1S/C41H56N6O8/c1-2-3-4-5-6-7-8-9-10-20-27-44-38(48)33(43)35-37(55-41(51)47-31-25-18-13-19-26-31)36(54-40(50)46-30-23-16-12-17-24-30)34(32(28-42)52-35)53-39(49)45-29-21-14-11-15-22-29/h11-19,21-26,32-37H,2-10,20,27-28,42-43H2,1H3,(H,44,48)(H,45,49)(H,46,50)(H,47,51)/t32-,33-,34-,35+,36+,37+/m1/s1. The average molecular weight is 761 g/mol. The van der Waals surface area contributed by atoms with Gasteiger partial charge in [0.2, 0.25) is 5.91 Å². The summed E-state index contributed by atoms with van der Waals surface area (Å²) >= 11 is 0. The SMILES string of the molecule is CCCCCCCCCCCCNC(=O)[C@H](N)[C@@H]1O[C@H](CN)[C@@H](OC(=O)Nc2ccccc2)[C@H](OC(=O)Nc2ccccc2)[C@H]1OC(=O)Nc1ccccc1. The first-order valence-electron chi connectivity index (χ1n) is 19.3. The van der Waals surface area contributed by atoms with Gasteiger partial charge in [-0.2, -0.15) is 0 Å². The maximum atomic E-state index is 13.5. The van der Waals surface area contributed by atoms with Crippen molar-refractivity contribution in [2.24, 2.45) is 11.5 Å². The van der Waals surface area contributed by atoms with Crippen molar-refractivity contribution in [3.8, 4) is 0 Å². The summed E-state index contributed by atoms with van der Waals surface area (Å²) < 4.78 is 23.9. The van der Waals surface area contributed by atoms with Gasteiger partial charge in [-0.15, -0.1) is 0 Å². The van der Waals surface area contributed by atoms with Crippen LogP contribution in [-0.4, -0.2) is 73.8 Å². The lowest BCUT2D eigenvalue weighted by Crippen LogP contribution is -2.68. The zero-order chi connectivity index (χ0) is 39.3. The number of hydrogen-bond acceptors (Lipinski definition) is 10. The van der Waals surface area contributed by atoms with Gasteiger partial charge < -0.3 is 35.7 Å². The van der Waals surface area contributed by atoms with Gasteiger partial charge in [0.05, 0.1) is 0 Å². The van der Waals surface area contributed by atoms with Crippen LogP contribution in [0.15, 0.2) is 91.0 Å². The van der Waals surface area contributed by atoms with Crippen LogP contribution < -0.4 is 32.7 Å². The molecule has 0 unspecified atom stereocenters. The van der Waals surface area contributed by atoms with Crippen molar-refractivity contribution < 1.29 is 38.1 Å². The topological polar surface area (TPSA) is 205 Å². The van der Waals surface area contributed by atoms with Gasteiger partial charge in [-0.3, -0.25) is 20.7 Å². The molecule has 4 rings (SSSR count). The summed E-state index contributed by atoms with van der Waals surface area (Å²) in [6.07, 6.45) is 1.56. The van der Waals surface area contributed by atoms with Crippen molar-refractivity contribution >= 4 is 41.2 Å². The molecule has 0 aromatic heterocycles. The maximum absolute atomic E-state index is 13.5. The van der Waals surface area contributed by atoms with Crippen molar-refractivity contribution in [3.05, 3.63) is 91.0 Å². The molecule has 4 amide bonds. The van der Waals surface area contributed by atoms with E-state index in [0.29, 0.717) is 23.6 Å². The second kappa shape index (κ2) is 23.6. The maximum Gasteiger partial charge on any atom is 0.412 e. The highest BCUT2D eigenvalue weighted by atomic mass is 16.7. The van der Waals surface area contributed by atoms with Gasteiger partial charge >= 0.3 is 18.3 Å². The van der Waals surface area contributed by atoms with Crippen LogP contribution in [0.3, 0.4) is 0 Å². The van der Waals surface area contributed by atoms with E-state index in [2.05, 4.69) is 28.2 Å². The van der Waals surface area contributed by atoms with E-state index in [0.717, 1.165) is 25.7 Å². The quantitative estimate of drug-likeness (QED) is 0.0517. The average Bonchev–Trinajstić information content (AvgIpc) is 3.19. The van der Waals surface area contributed by atoms with E-state index in [4.69, 9.17) is 30.4 Å². The predicted octanol–water partition coefficient (Wildman–Crippen LogP) is 6.93. The highest BCUT2D eigenvalue weighted by Crippen LogP contribution is 2.31. The molecule has 0 aliphatic carbocycles. The van der Waals surface area contributed by atoms with Crippen molar-refractivity contribution in [1.29, 1.82) is 0 Å². The number of rotatable bonds is 20. The number of para-hydroxylation sites is 3. The third-order valence-electron chi connectivity index (χ3n) is 9.18. The summed E-state index contributed by atoms with van der Waals surface area (Å²) in [6.45, 7) is 2.35. The Balaban J connectivity index is 1.52. The number of benzene rings is 3. The van der Waals surface area contributed by atoms with Gasteiger partial charge in [-0.25, -0.2) is 14.4 Å². The lowest BCUT2D eigenvalue weighted by molar-refractivity contribution is -0.219. The zero-order valence-electron chi connectivity index (χ0n) is 31.5. The van der Waals surface area contributed by atoms with E-state index in [9.17, 15) is 19.2 Å². The number of unbranched alkanes of at least 4 members (excludes halogenated alkanes) is 9. The molecule has 0 spiro atoms. The number of anilines is 3. The van der Waals surface area contributed by atoms with E-state index < -0.39 is 60.7 Å². The fraction of sp³-hybridized carbons (Fsp3) is 0.463. The van der Waals surface area contributed by atoms with Crippen LogP contribution in [0.5, 0.6) is 0 Å². The second-order valence-corrected chi connectivity index (χ2v) is 13.5. The van der Waals surface area contributed by atoms with Crippen LogP contribution >= 0.6 is 0 Å². The van der Waals surface area contributed by atoms with Gasteiger partial charge in [0.15, 0.2) is 18.3 Å². The van der Waals surface area contributed by atoms with Gasteiger partial charge in [-0.05, 0) is 42.8 Å². The number of amides is 4. The Kier molecular flexibility index (Phi) is 18.2. The molecule has 3 aromatic rings. The molecular weight excluding hydrogens is 704 g/mol. The Morgan fingerprint density at radius 1 is 0.600 bits per heavy atom. The molecular formula is C41H56N6O8. The summed E-state index contributed by atoms with van der Waals surface area (Å²) in [5, 5.41) is 10.7. The van der Waals surface area contributed by atoms with Gasteiger partial charge in [0, 0.05) is 30.2 Å². The number of carbonyl (C=O) groups is 4. The molecule has 14 nitrogen and oxygen atoms in total. The Labute approximate surface area is 323 Å². The zero-order valence-corrected chi connectivity index (χ0v) is 31.5. The van der Waals surface area contributed by atoms with E-state index in [-0.39, 0.29) is 6.54 Å². The third kappa shape index (κ3) is 14.5. The molecule has 14 heteroatoms. The number of carbonyl (C=O) groups excluding carboxylic acids is 4. The van der Waals surface area contributed by atoms with Crippen molar-refractivity contribution in [2.45, 2.75) is 108 Å². The summed E-state index contributed by atoms with van der Waals surface area (Å²) in [5.41, 5.74) is 14.0. The minimum Gasteiger partial charge on any atom is -0.439 e. The summed E-state index contributed by atoms with van der Waals surface area (Å²) in [7, 11) is 0. The molecule has 8 N–H and O–H groups in total. The molecule has 1 aliphatic heterocycles. The first-order chi connectivity index (χ1) is 26.8. The smallest absolute Gasteiger partial charge is 0.412 e. The largest absolute Gasteiger partial charge is 0.439 e. The number of nitrogens with one attached hydrogen (secondary N) is 4. The number of hydrogen-bond donors (Lipinski definition) is 6. The van der Waals surface area contributed by atoms with E-state index in [1.54, 1.807) is 91.0 Å². The summed E-state index contributed by atoms with van der Waals surface area (Å²) in [4.78, 5) is 53.6. The van der Waals surface area contributed by atoms with Gasteiger partial charge in [0.25, 0.3) is 0 Å². The normalized spacial score (nSPS) is 19.7. The molecule has 0 radical (unpaired) electrons. The molecule has 1 aliphatic rings. The first kappa shape index (κ1) is 42.6.